The third kappa shape index (κ3) is 8.86. The second-order valence-corrected chi connectivity index (χ2v) is 2.81. The van der Waals surface area contributed by atoms with E-state index in [0.29, 0.717) is 6.42 Å². The standard InChI is InChI=1S/C11H18O2/c1-3-4-5-6-7-8-9-10-11(12)13-2/h3,6-7H,1,4-5,8-10H2,2H3/b7-6+. The number of carbonyl (C=O) groups is 1. The summed E-state index contributed by atoms with van der Waals surface area (Å²) in [4.78, 5) is 10.7. The Bertz CT molecular complexity index is 171. The smallest absolute Gasteiger partial charge is 0.305 e. The highest BCUT2D eigenvalue weighted by molar-refractivity contribution is 5.68. The van der Waals surface area contributed by atoms with Crippen LogP contribution in [0.15, 0.2) is 24.8 Å². The molecule has 0 aromatic rings. The number of allylic oxidation sites excluding steroid dienone is 3. The van der Waals surface area contributed by atoms with Crippen LogP contribution < -0.4 is 0 Å². The van der Waals surface area contributed by atoms with Gasteiger partial charge in [-0.1, -0.05) is 18.2 Å². The third-order valence-electron chi connectivity index (χ3n) is 1.68. The Morgan fingerprint density at radius 2 is 2.00 bits per heavy atom. The number of methoxy groups -OCH3 is 1. The van der Waals surface area contributed by atoms with Crippen molar-refractivity contribution in [3.8, 4) is 0 Å². The number of hydrogen-bond donors (Lipinski definition) is 0. The summed E-state index contributed by atoms with van der Waals surface area (Å²) >= 11 is 0. The Morgan fingerprint density at radius 3 is 2.62 bits per heavy atom. The minimum absolute atomic E-state index is 0.125. The van der Waals surface area contributed by atoms with Gasteiger partial charge in [0.1, 0.15) is 0 Å². The van der Waals surface area contributed by atoms with Crippen LogP contribution in [0.5, 0.6) is 0 Å². The van der Waals surface area contributed by atoms with Crippen LogP contribution in [0.2, 0.25) is 0 Å². The van der Waals surface area contributed by atoms with Gasteiger partial charge < -0.3 is 4.74 Å². The van der Waals surface area contributed by atoms with Gasteiger partial charge in [-0.25, -0.2) is 0 Å². The molecule has 0 heterocycles. The molecule has 0 aromatic heterocycles. The maximum Gasteiger partial charge on any atom is 0.305 e. The van der Waals surface area contributed by atoms with Crippen LogP contribution in [0.1, 0.15) is 32.1 Å². The summed E-state index contributed by atoms with van der Waals surface area (Å²) in [6.45, 7) is 3.63. The second-order valence-electron chi connectivity index (χ2n) is 2.81. The van der Waals surface area contributed by atoms with Gasteiger partial charge in [-0.2, -0.15) is 0 Å². The number of hydrogen-bond acceptors (Lipinski definition) is 2. The number of ether oxygens (including phenoxy) is 1. The van der Waals surface area contributed by atoms with Gasteiger partial charge in [0.2, 0.25) is 0 Å². The molecule has 0 radical (unpaired) electrons. The van der Waals surface area contributed by atoms with E-state index in [1.54, 1.807) is 0 Å². The highest BCUT2D eigenvalue weighted by Gasteiger charge is 1.96. The maximum atomic E-state index is 10.7. The van der Waals surface area contributed by atoms with Crippen molar-refractivity contribution < 1.29 is 9.53 Å². The van der Waals surface area contributed by atoms with Crippen molar-refractivity contribution in [1.29, 1.82) is 0 Å². The molecule has 2 heteroatoms. The summed E-state index contributed by atoms with van der Waals surface area (Å²) < 4.78 is 4.52. The minimum Gasteiger partial charge on any atom is -0.469 e. The largest absolute Gasteiger partial charge is 0.469 e. The zero-order valence-electron chi connectivity index (χ0n) is 8.29. The average molecular weight is 182 g/mol. The van der Waals surface area contributed by atoms with E-state index in [9.17, 15) is 4.79 Å². The van der Waals surface area contributed by atoms with Crippen LogP contribution in [0, 0.1) is 0 Å². The number of rotatable bonds is 7. The first-order valence-corrected chi connectivity index (χ1v) is 4.64. The van der Waals surface area contributed by atoms with Crippen LogP contribution >= 0.6 is 0 Å². The first-order chi connectivity index (χ1) is 6.31. The van der Waals surface area contributed by atoms with E-state index in [4.69, 9.17) is 0 Å². The Hall–Kier alpha value is -1.05. The van der Waals surface area contributed by atoms with Gasteiger partial charge in [0.25, 0.3) is 0 Å². The summed E-state index contributed by atoms with van der Waals surface area (Å²) in [5.41, 5.74) is 0. The lowest BCUT2D eigenvalue weighted by molar-refractivity contribution is -0.140. The van der Waals surface area contributed by atoms with Gasteiger partial charge in [-0.3, -0.25) is 4.79 Å². The first kappa shape index (κ1) is 11.9. The van der Waals surface area contributed by atoms with Gasteiger partial charge in [0.05, 0.1) is 7.11 Å². The van der Waals surface area contributed by atoms with Crippen molar-refractivity contribution >= 4 is 5.97 Å². The van der Waals surface area contributed by atoms with Crippen molar-refractivity contribution in [1.82, 2.24) is 0 Å². The molecule has 0 bridgehead atoms. The van der Waals surface area contributed by atoms with Gasteiger partial charge in [0, 0.05) is 6.42 Å². The van der Waals surface area contributed by atoms with Crippen molar-refractivity contribution in [3.63, 3.8) is 0 Å². The number of esters is 1. The Labute approximate surface area is 80.3 Å². The molecule has 0 N–H and O–H groups in total. The van der Waals surface area contributed by atoms with Crippen LogP contribution in [0.25, 0.3) is 0 Å². The fourth-order valence-corrected chi connectivity index (χ4v) is 0.916. The average Bonchev–Trinajstić information content (AvgIpc) is 2.16. The van der Waals surface area contributed by atoms with E-state index < -0.39 is 0 Å². The molecule has 0 rings (SSSR count). The van der Waals surface area contributed by atoms with Gasteiger partial charge in [0.15, 0.2) is 0 Å². The molecular weight excluding hydrogens is 164 g/mol. The summed E-state index contributed by atoms with van der Waals surface area (Å²) in [5.74, 6) is -0.125. The fourth-order valence-electron chi connectivity index (χ4n) is 0.916. The number of carbonyl (C=O) groups excluding carboxylic acids is 1. The highest BCUT2D eigenvalue weighted by atomic mass is 16.5. The quantitative estimate of drug-likeness (QED) is 0.344. The van der Waals surface area contributed by atoms with Gasteiger partial charge in [-0.15, -0.1) is 6.58 Å². The lowest BCUT2D eigenvalue weighted by Gasteiger charge is -1.95. The molecule has 2 nitrogen and oxygen atoms in total. The molecular formula is C11H18O2. The summed E-state index contributed by atoms with van der Waals surface area (Å²) in [7, 11) is 1.42. The molecule has 0 aromatic carbocycles. The Morgan fingerprint density at radius 1 is 1.31 bits per heavy atom. The summed E-state index contributed by atoms with van der Waals surface area (Å²) in [5, 5.41) is 0. The van der Waals surface area contributed by atoms with Crippen molar-refractivity contribution in [2.45, 2.75) is 32.1 Å². The molecule has 0 aliphatic carbocycles. The minimum atomic E-state index is -0.125. The van der Waals surface area contributed by atoms with Crippen LogP contribution in [-0.4, -0.2) is 13.1 Å². The lowest BCUT2D eigenvalue weighted by Crippen LogP contribution is -1.98. The Balaban J connectivity index is 3.19. The van der Waals surface area contributed by atoms with E-state index in [1.807, 2.05) is 6.08 Å². The molecule has 0 aliphatic rings. The molecule has 0 unspecified atom stereocenters. The van der Waals surface area contributed by atoms with E-state index in [2.05, 4.69) is 23.5 Å². The van der Waals surface area contributed by atoms with Crippen LogP contribution in [0.4, 0.5) is 0 Å². The highest BCUT2D eigenvalue weighted by Crippen LogP contribution is 2.00. The molecule has 0 amide bonds. The van der Waals surface area contributed by atoms with Crippen molar-refractivity contribution in [2.24, 2.45) is 0 Å². The zero-order valence-corrected chi connectivity index (χ0v) is 8.29. The second kappa shape index (κ2) is 9.04. The van der Waals surface area contributed by atoms with Crippen molar-refractivity contribution in [3.05, 3.63) is 24.8 Å². The number of unbranched alkanes of at least 4 members (excludes halogenated alkanes) is 2. The van der Waals surface area contributed by atoms with Crippen molar-refractivity contribution in [2.75, 3.05) is 7.11 Å². The van der Waals surface area contributed by atoms with Crippen LogP contribution in [-0.2, 0) is 9.53 Å². The maximum absolute atomic E-state index is 10.7. The normalized spacial score (nSPS) is 10.2. The van der Waals surface area contributed by atoms with Gasteiger partial charge >= 0.3 is 5.97 Å². The van der Waals surface area contributed by atoms with Gasteiger partial charge in [-0.05, 0) is 25.7 Å². The molecule has 0 spiro atoms. The van der Waals surface area contributed by atoms with Crippen LogP contribution in [0.3, 0.4) is 0 Å². The first-order valence-electron chi connectivity index (χ1n) is 4.64. The van der Waals surface area contributed by atoms with E-state index in [-0.39, 0.29) is 5.97 Å². The molecule has 0 atom stereocenters. The SMILES string of the molecule is C=CCC/C=C/CCCC(=O)OC. The Kier molecular flexibility index (Phi) is 8.31. The molecule has 13 heavy (non-hydrogen) atoms. The molecule has 0 saturated carbocycles. The predicted octanol–water partition coefficient (Wildman–Crippen LogP) is 2.85. The van der Waals surface area contributed by atoms with E-state index >= 15 is 0 Å². The van der Waals surface area contributed by atoms with E-state index in [0.717, 1.165) is 25.7 Å². The zero-order chi connectivity index (χ0) is 9.94. The molecule has 0 saturated heterocycles. The molecule has 0 fully saturated rings. The topological polar surface area (TPSA) is 26.3 Å². The predicted molar refractivity (Wildman–Crippen MR) is 54.4 cm³/mol. The summed E-state index contributed by atoms with van der Waals surface area (Å²) in [6, 6.07) is 0. The molecule has 74 valence electrons. The third-order valence-corrected chi connectivity index (χ3v) is 1.68. The monoisotopic (exact) mass is 182 g/mol. The fraction of sp³-hybridized carbons (Fsp3) is 0.545. The lowest BCUT2D eigenvalue weighted by atomic mass is 10.2. The molecule has 0 aliphatic heterocycles. The summed E-state index contributed by atoms with van der Waals surface area (Å²) in [6.07, 6.45) is 10.5. The van der Waals surface area contributed by atoms with E-state index in [1.165, 1.54) is 7.11 Å².